The zero-order valence-electron chi connectivity index (χ0n) is 29.3. The van der Waals surface area contributed by atoms with Crippen molar-refractivity contribution in [2.45, 2.75) is 77.2 Å². The normalized spacial score (nSPS) is 17.8. The molecule has 0 N–H and O–H groups in total. The van der Waals surface area contributed by atoms with Gasteiger partial charge in [0.2, 0.25) is 0 Å². The topological polar surface area (TPSA) is 75.0 Å². The molecule has 12 heteroatoms. The molecule has 1 fully saturated rings. The fourth-order valence-electron chi connectivity index (χ4n) is 6.32. The monoisotopic (exact) mass is 713 g/mol. The van der Waals surface area contributed by atoms with Gasteiger partial charge in [0.1, 0.15) is 23.8 Å². The first kappa shape index (κ1) is 36.6. The molecule has 1 saturated heterocycles. The lowest BCUT2D eigenvalue weighted by Crippen LogP contribution is -2.61. The minimum absolute atomic E-state index is 0.0164. The Morgan fingerprint density at radius 2 is 1.73 bits per heavy atom. The zero-order valence-corrected chi connectivity index (χ0v) is 31.0. The van der Waals surface area contributed by atoms with Gasteiger partial charge in [-0.05, 0) is 80.4 Å². The Morgan fingerprint density at radius 3 is 2.37 bits per heavy atom. The Hall–Kier alpha value is -3.72. The number of nitrogens with zero attached hydrogens (tertiary/aromatic N) is 3. The Morgan fingerprint density at radius 1 is 1.02 bits per heavy atom. The van der Waals surface area contributed by atoms with Gasteiger partial charge in [0.05, 0.1) is 35.3 Å². The maximum Gasteiger partial charge on any atom is 0.410 e. The van der Waals surface area contributed by atoms with Crippen LogP contribution in [0.25, 0.3) is 11.1 Å². The molecule has 0 spiro atoms. The smallest absolute Gasteiger partial charge is 0.410 e. The predicted octanol–water partition coefficient (Wildman–Crippen LogP) is 9.21. The van der Waals surface area contributed by atoms with E-state index in [0.717, 1.165) is 0 Å². The van der Waals surface area contributed by atoms with Crippen molar-refractivity contribution < 1.29 is 31.9 Å². The number of amides is 1. The van der Waals surface area contributed by atoms with E-state index < -0.39 is 43.0 Å². The lowest BCUT2D eigenvalue weighted by molar-refractivity contribution is 0.0164. The first-order valence-corrected chi connectivity index (χ1v) is 19.6. The van der Waals surface area contributed by atoms with Crippen molar-refractivity contribution in [2.24, 2.45) is 0 Å². The first-order chi connectivity index (χ1) is 22.8. The molecule has 3 aromatic rings. The lowest BCUT2D eigenvalue weighted by atomic mass is 9.82. The van der Waals surface area contributed by atoms with Crippen LogP contribution in [-0.4, -0.2) is 57.8 Å². The fourth-order valence-corrected chi connectivity index (χ4v) is 7.61. The third-order valence-electron chi connectivity index (χ3n) is 9.73. The van der Waals surface area contributed by atoms with E-state index in [1.807, 2.05) is 11.0 Å². The summed E-state index contributed by atoms with van der Waals surface area (Å²) in [6.45, 7) is 16.7. The molecule has 0 aromatic heterocycles. The molecule has 7 nitrogen and oxygen atoms in total. The van der Waals surface area contributed by atoms with Crippen LogP contribution in [0.2, 0.25) is 23.2 Å². The number of benzene rings is 3. The van der Waals surface area contributed by atoms with Crippen LogP contribution in [0.15, 0.2) is 42.5 Å². The van der Waals surface area contributed by atoms with E-state index in [2.05, 4.69) is 33.9 Å². The molecule has 5 rings (SSSR count). The third-order valence-corrected chi connectivity index (χ3v) is 14.6. The van der Waals surface area contributed by atoms with Crippen LogP contribution in [0, 0.1) is 28.8 Å². The molecule has 262 valence electrons. The number of halogens is 4. The fraction of sp³-hybridized carbons (Fsp3) is 0.459. The molecule has 2 heterocycles. The van der Waals surface area contributed by atoms with Gasteiger partial charge < -0.3 is 23.7 Å². The second-order valence-corrected chi connectivity index (χ2v) is 20.4. The SMILES string of the molecule is CC(C)(C)OC(=O)N1CCN2c3cc(F)c(Cl)c(-c4c(C#N)ccc(OCCO[Si](C)(C)C(C)(C)C)c4F)c3CC2(c2cccc(F)c2)C1. The van der Waals surface area contributed by atoms with E-state index >= 15 is 8.78 Å². The van der Waals surface area contributed by atoms with Gasteiger partial charge in [-0.1, -0.05) is 44.5 Å². The maximum atomic E-state index is 16.6. The number of nitriles is 1. The highest BCUT2D eigenvalue weighted by Gasteiger charge is 2.52. The molecule has 0 saturated carbocycles. The van der Waals surface area contributed by atoms with Crippen molar-refractivity contribution in [3.63, 3.8) is 0 Å². The standard InChI is InChI=1S/C37H43ClF3N3O4Si/c1-35(2,3)48-34(45)43-14-15-44-28-19-27(40)32(38)31(26(28)20-37(44,22-43)24-10-9-11-25(39)18-24)30-23(21-42)12-13-29(33(30)41)46-16-17-47-49(7,8)36(4,5)6/h9-13,18-19H,14-17,20,22H2,1-8H3. The summed E-state index contributed by atoms with van der Waals surface area (Å²) < 4.78 is 64.9. The van der Waals surface area contributed by atoms with Gasteiger partial charge in [-0.25, -0.2) is 18.0 Å². The lowest BCUT2D eigenvalue weighted by Gasteiger charge is -2.48. The number of rotatable bonds is 7. The molecule has 49 heavy (non-hydrogen) atoms. The number of ether oxygens (including phenoxy) is 2. The molecule has 1 atom stereocenters. The number of hydrogen-bond acceptors (Lipinski definition) is 6. The molecule has 1 unspecified atom stereocenters. The molecule has 0 bridgehead atoms. The number of hydrogen-bond donors (Lipinski definition) is 0. The summed E-state index contributed by atoms with van der Waals surface area (Å²) in [5.41, 5.74) is -0.636. The van der Waals surface area contributed by atoms with Gasteiger partial charge in [-0.3, -0.25) is 0 Å². The Kier molecular flexibility index (Phi) is 9.84. The van der Waals surface area contributed by atoms with Crippen molar-refractivity contribution in [1.82, 2.24) is 4.90 Å². The minimum Gasteiger partial charge on any atom is -0.488 e. The van der Waals surface area contributed by atoms with Gasteiger partial charge in [0.25, 0.3) is 0 Å². The van der Waals surface area contributed by atoms with Gasteiger partial charge in [-0.2, -0.15) is 5.26 Å². The molecular formula is C37H43ClF3N3O4Si. The van der Waals surface area contributed by atoms with Crippen LogP contribution in [-0.2, 0) is 21.1 Å². The van der Waals surface area contributed by atoms with Gasteiger partial charge in [0, 0.05) is 36.3 Å². The van der Waals surface area contributed by atoms with Crippen LogP contribution in [0.1, 0.15) is 58.2 Å². The highest BCUT2D eigenvalue weighted by molar-refractivity contribution is 6.74. The zero-order chi connectivity index (χ0) is 36.1. The number of carbonyl (C=O) groups is 1. The highest BCUT2D eigenvalue weighted by atomic mass is 35.5. The average Bonchev–Trinajstić information content (AvgIpc) is 3.33. The van der Waals surface area contributed by atoms with Crippen LogP contribution in [0.5, 0.6) is 5.75 Å². The van der Waals surface area contributed by atoms with Gasteiger partial charge in [0.15, 0.2) is 19.9 Å². The number of anilines is 1. The van der Waals surface area contributed by atoms with Crippen LogP contribution < -0.4 is 9.64 Å². The Bertz CT molecular complexity index is 1820. The average molecular weight is 714 g/mol. The summed E-state index contributed by atoms with van der Waals surface area (Å²) in [6, 6.07) is 12.1. The summed E-state index contributed by atoms with van der Waals surface area (Å²) in [5, 5.41) is 9.74. The quantitative estimate of drug-likeness (QED) is 0.180. The summed E-state index contributed by atoms with van der Waals surface area (Å²) in [5.74, 6) is -2.28. The van der Waals surface area contributed by atoms with Crippen LogP contribution >= 0.6 is 11.6 Å². The molecule has 1 amide bonds. The largest absolute Gasteiger partial charge is 0.488 e. The molecular weight excluding hydrogens is 671 g/mol. The van der Waals surface area contributed by atoms with E-state index in [9.17, 15) is 14.4 Å². The second kappa shape index (κ2) is 13.2. The third kappa shape index (κ3) is 7.01. The molecule has 0 aliphatic carbocycles. The molecule has 2 aliphatic heterocycles. The Labute approximate surface area is 292 Å². The molecule has 0 radical (unpaired) electrons. The summed E-state index contributed by atoms with van der Waals surface area (Å²) in [6.07, 6.45) is -0.431. The predicted molar refractivity (Wildman–Crippen MR) is 187 cm³/mol. The van der Waals surface area contributed by atoms with E-state index in [1.165, 1.54) is 30.3 Å². The second-order valence-electron chi connectivity index (χ2n) is 15.2. The summed E-state index contributed by atoms with van der Waals surface area (Å²) in [7, 11) is -2.08. The van der Waals surface area contributed by atoms with Gasteiger partial charge >= 0.3 is 6.09 Å². The molecule has 3 aromatic carbocycles. The van der Waals surface area contributed by atoms with E-state index in [1.54, 1.807) is 37.8 Å². The number of fused-ring (bicyclic) bond motifs is 3. The van der Waals surface area contributed by atoms with E-state index in [4.69, 9.17) is 25.5 Å². The summed E-state index contributed by atoms with van der Waals surface area (Å²) in [4.78, 5) is 16.8. The van der Waals surface area contributed by atoms with Crippen molar-refractivity contribution in [3.05, 3.63) is 81.6 Å². The molecule has 2 aliphatic rings. The maximum absolute atomic E-state index is 16.6. The minimum atomic E-state index is -2.08. The summed E-state index contributed by atoms with van der Waals surface area (Å²) >= 11 is 6.68. The van der Waals surface area contributed by atoms with Crippen molar-refractivity contribution in [1.29, 1.82) is 5.26 Å². The highest BCUT2D eigenvalue weighted by Crippen LogP contribution is 2.53. The van der Waals surface area contributed by atoms with E-state index in [-0.39, 0.29) is 71.8 Å². The van der Waals surface area contributed by atoms with Crippen LogP contribution in [0.4, 0.5) is 23.7 Å². The Balaban J connectivity index is 1.59. The van der Waals surface area contributed by atoms with Crippen molar-refractivity contribution >= 4 is 31.7 Å². The first-order valence-electron chi connectivity index (χ1n) is 16.3. The van der Waals surface area contributed by atoms with E-state index in [0.29, 0.717) is 16.8 Å². The van der Waals surface area contributed by atoms with Crippen LogP contribution in [0.3, 0.4) is 0 Å². The number of piperazine rings is 1. The van der Waals surface area contributed by atoms with Gasteiger partial charge in [-0.15, -0.1) is 0 Å². The van der Waals surface area contributed by atoms with Crippen molar-refractivity contribution in [2.75, 3.05) is 37.7 Å². The number of carbonyl (C=O) groups excluding carboxylic acids is 1. The van der Waals surface area contributed by atoms with Crippen molar-refractivity contribution in [3.8, 4) is 22.9 Å².